The van der Waals surface area contributed by atoms with Crippen molar-refractivity contribution < 1.29 is 14.4 Å². The standard InChI is InChI=1S/C25H24N2O3/c28-23(26-15-17-9-5-2-6-10-17)20(13-16-7-3-1-4-8-16)27-24(29)21-18-11-12-19(14-18)22(21)25(27)30/h1-12,18-22H,13-15H2,(H,26,28)/t18-,19+,20-,21-,22+/m1/s1. The summed E-state index contributed by atoms with van der Waals surface area (Å²) in [5, 5.41) is 2.94. The number of allylic oxidation sites excluding steroid dienone is 2. The number of likely N-dealkylation sites (tertiary alicyclic amines) is 1. The number of amides is 3. The second-order valence-electron chi connectivity index (χ2n) is 8.46. The van der Waals surface area contributed by atoms with Crippen molar-refractivity contribution in [3.63, 3.8) is 0 Å². The summed E-state index contributed by atoms with van der Waals surface area (Å²) in [4.78, 5) is 41.1. The molecule has 5 atom stereocenters. The molecule has 3 amide bonds. The van der Waals surface area contributed by atoms with Gasteiger partial charge in [-0.15, -0.1) is 0 Å². The average Bonchev–Trinajstić information content (AvgIpc) is 3.46. The molecule has 5 rings (SSSR count). The maximum Gasteiger partial charge on any atom is 0.243 e. The summed E-state index contributed by atoms with van der Waals surface area (Å²) in [7, 11) is 0. The summed E-state index contributed by atoms with van der Waals surface area (Å²) >= 11 is 0. The first-order chi connectivity index (χ1) is 14.6. The van der Waals surface area contributed by atoms with Crippen molar-refractivity contribution in [3.05, 3.63) is 83.9 Å². The molecule has 1 saturated heterocycles. The minimum absolute atomic E-state index is 0.131. The van der Waals surface area contributed by atoms with E-state index in [1.165, 1.54) is 4.90 Å². The van der Waals surface area contributed by atoms with Gasteiger partial charge in [0.15, 0.2) is 0 Å². The number of rotatable bonds is 6. The summed E-state index contributed by atoms with van der Waals surface area (Å²) in [6.45, 7) is 0.362. The first kappa shape index (κ1) is 18.8. The normalized spacial score (nSPS) is 27.4. The van der Waals surface area contributed by atoms with Crippen molar-refractivity contribution in [2.45, 2.75) is 25.4 Å². The lowest BCUT2D eigenvalue weighted by atomic mass is 9.85. The number of nitrogens with one attached hydrogen (secondary N) is 1. The number of hydrogen-bond donors (Lipinski definition) is 1. The second-order valence-corrected chi connectivity index (χ2v) is 8.46. The largest absolute Gasteiger partial charge is 0.350 e. The zero-order chi connectivity index (χ0) is 20.7. The molecule has 152 valence electrons. The Bertz CT molecular complexity index is 972. The zero-order valence-corrected chi connectivity index (χ0v) is 16.6. The van der Waals surface area contributed by atoms with Crippen molar-refractivity contribution >= 4 is 17.7 Å². The highest BCUT2D eigenvalue weighted by Gasteiger charge is 2.61. The van der Waals surface area contributed by atoms with Crippen LogP contribution >= 0.6 is 0 Å². The molecule has 1 heterocycles. The average molecular weight is 400 g/mol. The first-order valence-electron chi connectivity index (χ1n) is 10.5. The zero-order valence-electron chi connectivity index (χ0n) is 16.6. The highest BCUT2D eigenvalue weighted by Crippen LogP contribution is 2.52. The number of hydrogen-bond acceptors (Lipinski definition) is 3. The van der Waals surface area contributed by atoms with E-state index in [4.69, 9.17) is 0 Å². The van der Waals surface area contributed by atoms with Gasteiger partial charge < -0.3 is 5.32 Å². The number of fused-ring (bicyclic) bond motifs is 5. The third-order valence-electron chi connectivity index (χ3n) is 6.70. The van der Waals surface area contributed by atoms with Crippen molar-refractivity contribution in [2.75, 3.05) is 0 Å². The van der Waals surface area contributed by atoms with Gasteiger partial charge >= 0.3 is 0 Å². The highest BCUT2D eigenvalue weighted by molar-refractivity contribution is 6.09. The van der Waals surface area contributed by atoms with Crippen LogP contribution in [0, 0.1) is 23.7 Å². The molecule has 2 aromatic carbocycles. The van der Waals surface area contributed by atoms with Crippen LogP contribution in [0.2, 0.25) is 0 Å². The molecule has 1 saturated carbocycles. The van der Waals surface area contributed by atoms with E-state index in [-0.39, 0.29) is 41.4 Å². The lowest BCUT2D eigenvalue weighted by molar-refractivity contribution is -0.148. The van der Waals surface area contributed by atoms with Gasteiger partial charge in [0.1, 0.15) is 6.04 Å². The van der Waals surface area contributed by atoms with Gasteiger partial charge in [-0.1, -0.05) is 72.8 Å². The number of benzene rings is 2. The van der Waals surface area contributed by atoms with Gasteiger partial charge in [0.25, 0.3) is 0 Å². The van der Waals surface area contributed by atoms with E-state index in [0.717, 1.165) is 17.5 Å². The van der Waals surface area contributed by atoms with Crippen LogP contribution in [-0.4, -0.2) is 28.7 Å². The van der Waals surface area contributed by atoms with E-state index in [2.05, 4.69) is 17.5 Å². The van der Waals surface area contributed by atoms with Crippen molar-refractivity contribution in [1.82, 2.24) is 10.2 Å². The Morgan fingerprint density at radius 3 is 1.97 bits per heavy atom. The Labute approximate surface area is 175 Å². The number of carbonyl (C=O) groups is 3. The molecular weight excluding hydrogens is 376 g/mol. The fraction of sp³-hybridized carbons (Fsp3) is 0.320. The SMILES string of the molecule is O=C(NCc1ccccc1)[C@@H](Cc1ccccc1)N1C(=O)[C@@H]2[C@H](C1=O)[C@@H]1C=C[C@H]2C1. The first-order valence-corrected chi connectivity index (χ1v) is 10.5. The van der Waals surface area contributed by atoms with E-state index in [0.29, 0.717) is 13.0 Å². The summed E-state index contributed by atoms with van der Waals surface area (Å²) in [6, 6.07) is 18.4. The predicted molar refractivity (Wildman–Crippen MR) is 112 cm³/mol. The lowest BCUT2D eigenvalue weighted by Gasteiger charge is -2.27. The van der Waals surface area contributed by atoms with Gasteiger partial charge in [-0.05, 0) is 29.4 Å². The molecule has 2 aromatic rings. The Morgan fingerprint density at radius 2 is 1.40 bits per heavy atom. The van der Waals surface area contributed by atoms with Gasteiger partial charge in [-0.25, -0.2) is 0 Å². The number of nitrogens with zero attached hydrogens (tertiary/aromatic N) is 1. The molecule has 1 N–H and O–H groups in total. The molecule has 0 unspecified atom stereocenters. The second kappa shape index (κ2) is 7.56. The maximum absolute atomic E-state index is 13.3. The minimum Gasteiger partial charge on any atom is -0.350 e. The van der Waals surface area contributed by atoms with E-state index >= 15 is 0 Å². The molecule has 2 fully saturated rings. The molecular formula is C25H24N2O3. The Morgan fingerprint density at radius 1 is 0.867 bits per heavy atom. The third kappa shape index (κ3) is 3.15. The van der Waals surface area contributed by atoms with Crippen molar-refractivity contribution in [2.24, 2.45) is 23.7 Å². The minimum atomic E-state index is -0.832. The Kier molecular flexibility index (Phi) is 4.74. The van der Waals surface area contributed by atoms with Crippen LogP contribution in [0.5, 0.6) is 0 Å². The molecule has 5 heteroatoms. The number of imide groups is 1. The lowest BCUT2D eigenvalue weighted by Crippen LogP contribution is -2.51. The summed E-state index contributed by atoms with van der Waals surface area (Å²) < 4.78 is 0. The Hall–Kier alpha value is -3.21. The predicted octanol–water partition coefficient (Wildman–Crippen LogP) is 2.72. The van der Waals surface area contributed by atoms with Crippen molar-refractivity contribution in [1.29, 1.82) is 0 Å². The van der Waals surface area contributed by atoms with E-state index in [1.807, 2.05) is 60.7 Å². The summed E-state index contributed by atoms with van der Waals surface area (Å²) in [5.74, 6) is -0.988. The molecule has 2 bridgehead atoms. The van der Waals surface area contributed by atoms with Gasteiger partial charge in [0.05, 0.1) is 11.8 Å². The molecule has 0 aromatic heterocycles. The smallest absolute Gasteiger partial charge is 0.243 e. The molecule has 5 nitrogen and oxygen atoms in total. The van der Waals surface area contributed by atoms with E-state index in [1.54, 1.807) is 0 Å². The third-order valence-corrected chi connectivity index (χ3v) is 6.70. The molecule has 1 aliphatic heterocycles. The maximum atomic E-state index is 13.3. The monoisotopic (exact) mass is 400 g/mol. The molecule has 0 radical (unpaired) electrons. The van der Waals surface area contributed by atoms with Gasteiger partial charge in [0, 0.05) is 13.0 Å². The van der Waals surface area contributed by atoms with Crippen LogP contribution in [-0.2, 0) is 27.3 Å². The fourth-order valence-electron chi connectivity index (χ4n) is 5.27. The van der Waals surface area contributed by atoms with Gasteiger partial charge in [0.2, 0.25) is 17.7 Å². The molecule has 2 aliphatic carbocycles. The summed E-state index contributed by atoms with van der Waals surface area (Å²) in [6.07, 6.45) is 5.34. The quantitative estimate of drug-likeness (QED) is 0.599. The topological polar surface area (TPSA) is 66.5 Å². The molecule has 3 aliphatic rings. The van der Waals surface area contributed by atoms with E-state index < -0.39 is 6.04 Å². The van der Waals surface area contributed by atoms with Gasteiger partial charge in [-0.2, -0.15) is 0 Å². The van der Waals surface area contributed by atoms with Crippen LogP contribution in [0.3, 0.4) is 0 Å². The highest BCUT2D eigenvalue weighted by atomic mass is 16.2. The fourth-order valence-corrected chi connectivity index (χ4v) is 5.27. The Balaban J connectivity index is 1.40. The molecule has 30 heavy (non-hydrogen) atoms. The van der Waals surface area contributed by atoms with Gasteiger partial charge in [-0.3, -0.25) is 19.3 Å². The van der Waals surface area contributed by atoms with Crippen LogP contribution in [0.1, 0.15) is 17.5 Å². The van der Waals surface area contributed by atoms with E-state index in [9.17, 15) is 14.4 Å². The van der Waals surface area contributed by atoms with Crippen LogP contribution < -0.4 is 5.32 Å². The van der Waals surface area contributed by atoms with Crippen LogP contribution in [0.25, 0.3) is 0 Å². The van der Waals surface area contributed by atoms with Crippen LogP contribution in [0.4, 0.5) is 0 Å². The number of carbonyl (C=O) groups excluding carboxylic acids is 3. The molecule has 0 spiro atoms. The summed E-state index contributed by atoms with van der Waals surface area (Å²) in [5.41, 5.74) is 1.90. The van der Waals surface area contributed by atoms with Crippen LogP contribution in [0.15, 0.2) is 72.8 Å². The van der Waals surface area contributed by atoms with Crippen molar-refractivity contribution in [3.8, 4) is 0 Å².